The lowest BCUT2D eigenvalue weighted by atomic mass is 9.56. The molecule has 156 valence electrons. The van der Waals surface area contributed by atoms with Crippen molar-refractivity contribution in [1.29, 1.82) is 0 Å². The molecule has 2 rings (SSSR count). The van der Waals surface area contributed by atoms with Gasteiger partial charge in [0.25, 0.3) is 0 Å². The van der Waals surface area contributed by atoms with E-state index >= 15 is 0 Å². The molecule has 2 aliphatic rings. The number of hydrogen-bond acceptors (Lipinski definition) is 4. The number of carboxylic acids is 2. The molecule has 2 heterocycles. The minimum absolute atomic E-state index is 0.0910. The zero-order valence-corrected chi connectivity index (χ0v) is 15.4. The first-order valence-corrected chi connectivity index (χ1v) is 8.56. The topological polar surface area (TPSA) is 89.6 Å². The molecule has 2 saturated heterocycles. The lowest BCUT2D eigenvalue weighted by Gasteiger charge is -2.58. The van der Waals surface area contributed by atoms with E-state index in [1.807, 2.05) is 0 Å². The Bertz CT molecular complexity index is 643. The fourth-order valence-corrected chi connectivity index (χ4v) is 4.74. The maximum absolute atomic E-state index is 14.0. The predicted molar refractivity (Wildman–Crippen MR) is 83.6 cm³/mol. The number of rotatable bonds is 5. The minimum atomic E-state index is -5.23. The van der Waals surface area contributed by atoms with Gasteiger partial charge in [0.05, 0.1) is 0 Å². The first kappa shape index (κ1) is 22.1. The number of piperidine rings is 1. The second-order valence-corrected chi connectivity index (χ2v) is 7.86. The summed E-state index contributed by atoms with van der Waals surface area (Å²) in [5, 5.41) is 16.7. The van der Waals surface area contributed by atoms with Crippen molar-refractivity contribution in [3.8, 4) is 0 Å². The summed E-state index contributed by atoms with van der Waals surface area (Å²) >= 11 is 5.01. The van der Waals surface area contributed by atoms with Crippen LogP contribution in [0.2, 0.25) is 0 Å². The van der Waals surface area contributed by atoms with Crippen LogP contribution in [0.1, 0.15) is 27.2 Å². The molecule has 0 aliphatic carbocycles. The van der Waals surface area contributed by atoms with Gasteiger partial charge in [0.2, 0.25) is 0 Å². The molecule has 3 N–H and O–H groups in total. The Hall–Kier alpha value is -1.20. The van der Waals surface area contributed by atoms with Gasteiger partial charge in [0, 0.05) is 18.6 Å². The van der Waals surface area contributed by atoms with Crippen molar-refractivity contribution in [2.45, 2.75) is 62.9 Å². The van der Waals surface area contributed by atoms with Crippen LogP contribution >= 0.6 is 11.6 Å². The van der Waals surface area contributed by atoms with Crippen molar-refractivity contribution in [3.05, 3.63) is 0 Å². The Morgan fingerprint density at radius 3 is 1.93 bits per heavy atom. The van der Waals surface area contributed by atoms with E-state index in [0.717, 1.165) is 13.8 Å². The molecule has 7 atom stereocenters. The van der Waals surface area contributed by atoms with Crippen LogP contribution in [0.5, 0.6) is 0 Å². The van der Waals surface area contributed by atoms with Crippen LogP contribution in [-0.4, -0.2) is 69.3 Å². The highest BCUT2D eigenvalue weighted by Gasteiger charge is 2.76. The Morgan fingerprint density at radius 1 is 1.19 bits per heavy atom. The average Bonchev–Trinajstić information content (AvgIpc) is 3.19. The molecule has 0 aromatic heterocycles. The van der Waals surface area contributed by atoms with Gasteiger partial charge in [-0.3, -0.25) is 19.8 Å². The zero-order valence-electron chi connectivity index (χ0n) is 14.6. The second-order valence-electron chi connectivity index (χ2n) is 7.35. The van der Waals surface area contributed by atoms with Gasteiger partial charge >= 0.3 is 23.5 Å². The maximum atomic E-state index is 14.0. The van der Waals surface area contributed by atoms with Gasteiger partial charge < -0.3 is 10.2 Å². The first-order valence-electron chi connectivity index (χ1n) is 8.18. The number of aliphatic carboxylic acids is 2. The Morgan fingerprint density at radius 2 is 1.67 bits per heavy atom. The molecule has 0 bridgehead atoms. The third kappa shape index (κ3) is 3.17. The van der Waals surface area contributed by atoms with E-state index < -0.39 is 64.9 Å². The molecule has 12 heteroatoms. The minimum Gasteiger partial charge on any atom is -0.481 e. The third-order valence-corrected chi connectivity index (χ3v) is 6.06. The first-order chi connectivity index (χ1) is 12.1. The number of carboxylic acid groups (broad SMARTS) is 2. The molecule has 0 aromatic carbocycles. The average molecular weight is 423 g/mol. The highest BCUT2D eigenvalue weighted by Crippen LogP contribution is 2.57. The molecule has 7 unspecified atom stereocenters. The summed E-state index contributed by atoms with van der Waals surface area (Å²) in [6, 6.07) is -7.86. The molecule has 0 aromatic rings. The van der Waals surface area contributed by atoms with Crippen LogP contribution < -0.4 is 5.32 Å². The summed E-state index contributed by atoms with van der Waals surface area (Å²) in [6.07, 6.45) is -5.86. The molecule has 0 amide bonds. The van der Waals surface area contributed by atoms with Crippen LogP contribution in [0, 0.1) is 10.8 Å². The molecule has 27 heavy (non-hydrogen) atoms. The summed E-state index contributed by atoms with van der Waals surface area (Å²) in [5.41, 5.74) is -5.30. The molecule has 0 saturated carbocycles. The van der Waals surface area contributed by atoms with Gasteiger partial charge in [-0.2, -0.15) is 22.0 Å². The Labute approximate surface area is 156 Å². The van der Waals surface area contributed by atoms with Crippen LogP contribution in [0.3, 0.4) is 0 Å². The van der Waals surface area contributed by atoms with E-state index in [2.05, 4.69) is 0 Å². The van der Waals surface area contributed by atoms with E-state index in [1.165, 1.54) is 4.90 Å². The normalized spacial score (nSPS) is 42.6. The van der Waals surface area contributed by atoms with Gasteiger partial charge in [-0.15, -0.1) is 0 Å². The zero-order chi connectivity index (χ0) is 21.2. The van der Waals surface area contributed by atoms with E-state index in [9.17, 15) is 41.8 Å². The molecule has 2 fully saturated rings. The van der Waals surface area contributed by atoms with Gasteiger partial charge in [0.1, 0.15) is 22.9 Å². The summed E-state index contributed by atoms with van der Waals surface area (Å²) < 4.78 is 69.4. The van der Waals surface area contributed by atoms with Crippen LogP contribution in [-0.2, 0) is 9.59 Å². The fourth-order valence-electron chi connectivity index (χ4n) is 4.45. The highest BCUT2D eigenvalue weighted by atomic mass is 35.5. The van der Waals surface area contributed by atoms with Gasteiger partial charge in [0.15, 0.2) is 0 Å². The molecular formula is C15H20ClF5N2O4. The van der Waals surface area contributed by atoms with Crippen molar-refractivity contribution in [2.24, 2.45) is 10.8 Å². The van der Waals surface area contributed by atoms with Gasteiger partial charge in [-0.05, 0) is 31.9 Å². The molecule has 2 aliphatic heterocycles. The van der Waals surface area contributed by atoms with Crippen LogP contribution in [0.4, 0.5) is 22.0 Å². The quantitative estimate of drug-likeness (QED) is 0.358. The maximum Gasteiger partial charge on any atom is 0.405 e. The molecular weight excluding hydrogens is 403 g/mol. The lowest BCUT2D eigenvalue weighted by Crippen LogP contribution is -2.80. The lowest BCUT2D eigenvalue weighted by molar-refractivity contribution is -0.240. The third-order valence-electron chi connectivity index (χ3n) is 5.84. The smallest absolute Gasteiger partial charge is 0.405 e. The van der Waals surface area contributed by atoms with Crippen LogP contribution in [0.25, 0.3) is 0 Å². The van der Waals surface area contributed by atoms with Crippen molar-refractivity contribution >= 4 is 23.5 Å². The van der Waals surface area contributed by atoms with Crippen molar-refractivity contribution in [3.63, 3.8) is 0 Å². The summed E-state index contributed by atoms with van der Waals surface area (Å²) in [6.45, 7) is 3.62. The SMILES string of the molecule is CCC1(C(=O)O)C(C(F)(F)F)NC(C(F)(F)Cl)C(C)(C(=O)O)C1N1CC1C. The van der Waals surface area contributed by atoms with E-state index in [4.69, 9.17) is 11.6 Å². The number of halogens is 6. The number of nitrogens with one attached hydrogen (secondary N) is 1. The largest absolute Gasteiger partial charge is 0.481 e. The monoisotopic (exact) mass is 422 g/mol. The van der Waals surface area contributed by atoms with E-state index in [0.29, 0.717) is 0 Å². The van der Waals surface area contributed by atoms with E-state index in [1.54, 1.807) is 12.2 Å². The van der Waals surface area contributed by atoms with Crippen LogP contribution in [0.15, 0.2) is 0 Å². The summed E-state index contributed by atoms with van der Waals surface area (Å²) in [5.74, 6) is -3.77. The van der Waals surface area contributed by atoms with Gasteiger partial charge in [-0.1, -0.05) is 6.92 Å². The predicted octanol–water partition coefficient (Wildman–Crippen LogP) is 2.37. The number of hydrogen-bond donors (Lipinski definition) is 3. The number of nitrogens with zero attached hydrogens (tertiary/aromatic N) is 1. The highest BCUT2D eigenvalue weighted by molar-refractivity contribution is 6.22. The number of carbonyl (C=O) groups is 2. The summed E-state index contributed by atoms with van der Waals surface area (Å²) in [7, 11) is 0. The van der Waals surface area contributed by atoms with Crippen molar-refractivity contribution in [2.75, 3.05) is 6.54 Å². The number of alkyl halides is 6. The van der Waals surface area contributed by atoms with E-state index in [-0.39, 0.29) is 6.54 Å². The van der Waals surface area contributed by atoms with Crippen molar-refractivity contribution < 1.29 is 41.8 Å². The molecule has 0 spiro atoms. The summed E-state index contributed by atoms with van der Waals surface area (Å²) in [4.78, 5) is 25.3. The molecule has 6 nitrogen and oxygen atoms in total. The second kappa shape index (κ2) is 6.41. The Balaban J connectivity index is 2.84. The van der Waals surface area contributed by atoms with Crippen molar-refractivity contribution in [1.82, 2.24) is 10.2 Å². The Kier molecular flexibility index (Phi) is 5.25. The standard InChI is InChI=1S/C15H20ClF5N2O4/c1-4-13(11(26)27)8(15(19,20)21)22-7(14(16,17)18)12(3,10(24)25)9(13)23-5-6(23)2/h6-9,22H,4-5H2,1-3H3,(H,24,25)(H,26,27). The molecule has 0 radical (unpaired) electrons. The fraction of sp³-hybridized carbons (Fsp3) is 0.867. The van der Waals surface area contributed by atoms with Gasteiger partial charge in [-0.25, -0.2) is 0 Å².